The summed E-state index contributed by atoms with van der Waals surface area (Å²) in [6.45, 7) is 0.560. The molecule has 26 heavy (non-hydrogen) atoms. The molecule has 0 radical (unpaired) electrons. The van der Waals surface area contributed by atoms with Gasteiger partial charge in [0.2, 0.25) is 5.75 Å². The van der Waals surface area contributed by atoms with E-state index in [1.165, 1.54) is 0 Å². The smallest absolute Gasteiger partial charge is 0.204 e. The molecule has 0 aromatic heterocycles. The lowest BCUT2D eigenvalue weighted by Gasteiger charge is -2.16. The molecule has 0 fully saturated rings. The molecule has 0 heterocycles. The van der Waals surface area contributed by atoms with Crippen LogP contribution in [0.4, 0.5) is 0 Å². The van der Waals surface area contributed by atoms with Crippen molar-refractivity contribution < 1.29 is 19.4 Å². The van der Waals surface area contributed by atoms with Gasteiger partial charge in [-0.1, -0.05) is 60.7 Å². The average molecular weight is 413 g/mol. The van der Waals surface area contributed by atoms with Crippen LogP contribution in [0.25, 0.3) is 0 Å². The Morgan fingerprint density at radius 1 is 0.885 bits per heavy atom. The fraction of sp³-hybridized carbons (Fsp3) is 0.0952. The first kappa shape index (κ1) is 18.0. The van der Waals surface area contributed by atoms with Crippen LogP contribution in [-0.2, 0) is 13.2 Å². The van der Waals surface area contributed by atoms with Gasteiger partial charge in [-0.15, -0.1) is 0 Å². The molecule has 5 heteroatoms. The second-order valence-electron chi connectivity index (χ2n) is 5.62. The van der Waals surface area contributed by atoms with E-state index in [1.54, 1.807) is 6.07 Å². The number of aldehydes is 1. The van der Waals surface area contributed by atoms with E-state index in [-0.39, 0.29) is 28.1 Å². The van der Waals surface area contributed by atoms with E-state index in [9.17, 15) is 9.90 Å². The topological polar surface area (TPSA) is 55.8 Å². The molecule has 0 saturated carbocycles. The van der Waals surface area contributed by atoms with E-state index >= 15 is 0 Å². The van der Waals surface area contributed by atoms with Crippen LogP contribution in [0.1, 0.15) is 21.5 Å². The number of hydrogen-bond donors (Lipinski definition) is 1. The molecule has 0 aliphatic carbocycles. The minimum Gasteiger partial charge on any atom is -0.503 e. The highest BCUT2D eigenvalue weighted by molar-refractivity contribution is 9.10. The van der Waals surface area contributed by atoms with Crippen molar-refractivity contribution in [2.75, 3.05) is 0 Å². The van der Waals surface area contributed by atoms with Crippen LogP contribution in [0.2, 0.25) is 0 Å². The summed E-state index contributed by atoms with van der Waals surface area (Å²) >= 11 is 3.23. The number of rotatable bonds is 7. The molecule has 0 saturated heterocycles. The number of phenols is 1. The molecule has 0 atom stereocenters. The number of carbonyl (C=O) groups is 1. The number of ether oxygens (including phenoxy) is 2. The van der Waals surface area contributed by atoms with Crippen LogP contribution in [-0.4, -0.2) is 11.4 Å². The van der Waals surface area contributed by atoms with Crippen molar-refractivity contribution in [1.82, 2.24) is 0 Å². The molecule has 0 spiro atoms. The van der Waals surface area contributed by atoms with Gasteiger partial charge in [0.1, 0.15) is 13.2 Å². The number of aromatic hydroxyl groups is 1. The summed E-state index contributed by atoms with van der Waals surface area (Å²) in [7, 11) is 0. The van der Waals surface area contributed by atoms with E-state index in [4.69, 9.17) is 9.47 Å². The van der Waals surface area contributed by atoms with Crippen LogP contribution in [0.5, 0.6) is 17.2 Å². The third-order valence-electron chi connectivity index (χ3n) is 3.78. The van der Waals surface area contributed by atoms with Crippen molar-refractivity contribution in [2.24, 2.45) is 0 Å². The van der Waals surface area contributed by atoms with Crippen molar-refractivity contribution in [3.05, 3.63) is 87.9 Å². The summed E-state index contributed by atoms with van der Waals surface area (Å²) in [6, 6.07) is 20.8. The predicted octanol–water partition coefficient (Wildman–Crippen LogP) is 5.13. The lowest BCUT2D eigenvalue weighted by Crippen LogP contribution is -2.02. The van der Waals surface area contributed by atoms with Crippen LogP contribution in [0, 0.1) is 0 Å². The Kier molecular flexibility index (Phi) is 5.92. The van der Waals surface area contributed by atoms with E-state index in [0.29, 0.717) is 18.6 Å². The maximum atomic E-state index is 11.3. The number of hydrogen-bond acceptors (Lipinski definition) is 4. The zero-order chi connectivity index (χ0) is 18.4. The maximum absolute atomic E-state index is 11.3. The van der Waals surface area contributed by atoms with Crippen molar-refractivity contribution in [1.29, 1.82) is 0 Å². The highest BCUT2D eigenvalue weighted by atomic mass is 79.9. The van der Waals surface area contributed by atoms with Gasteiger partial charge in [-0.3, -0.25) is 4.79 Å². The molecule has 3 rings (SSSR count). The Balaban J connectivity index is 1.87. The predicted molar refractivity (Wildman–Crippen MR) is 103 cm³/mol. The largest absolute Gasteiger partial charge is 0.503 e. The third-order valence-corrected chi connectivity index (χ3v) is 4.61. The van der Waals surface area contributed by atoms with Crippen molar-refractivity contribution in [3.63, 3.8) is 0 Å². The fourth-order valence-corrected chi connectivity index (χ4v) is 2.81. The molecular formula is C21H17BrO4. The van der Waals surface area contributed by atoms with Crippen LogP contribution < -0.4 is 9.47 Å². The Morgan fingerprint density at radius 2 is 1.42 bits per heavy atom. The summed E-state index contributed by atoms with van der Waals surface area (Å²) in [5, 5.41) is 10.5. The second-order valence-corrected chi connectivity index (χ2v) is 6.42. The van der Waals surface area contributed by atoms with Gasteiger partial charge in [0, 0.05) is 5.56 Å². The number of benzene rings is 3. The molecule has 0 amide bonds. The van der Waals surface area contributed by atoms with Gasteiger partial charge in [-0.2, -0.15) is 0 Å². The number of phenolic OH excluding ortho intramolecular Hbond substituents is 1. The summed E-state index contributed by atoms with van der Waals surface area (Å²) < 4.78 is 11.9. The van der Waals surface area contributed by atoms with E-state index in [2.05, 4.69) is 15.9 Å². The summed E-state index contributed by atoms with van der Waals surface area (Å²) in [4.78, 5) is 11.3. The van der Waals surface area contributed by atoms with Gasteiger partial charge < -0.3 is 14.6 Å². The van der Waals surface area contributed by atoms with E-state index in [1.807, 2.05) is 60.7 Å². The third kappa shape index (κ3) is 4.24. The molecule has 0 unspecified atom stereocenters. The molecule has 4 nitrogen and oxygen atoms in total. The molecular weight excluding hydrogens is 396 g/mol. The Morgan fingerprint density at radius 3 is 1.96 bits per heavy atom. The summed E-state index contributed by atoms with van der Waals surface area (Å²) in [5.41, 5.74) is 2.21. The molecule has 0 aliphatic heterocycles. The normalized spacial score (nSPS) is 10.3. The van der Waals surface area contributed by atoms with Gasteiger partial charge in [0.15, 0.2) is 17.8 Å². The van der Waals surface area contributed by atoms with Gasteiger partial charge in [-0.05, 0) is 33.1 Å². The van der Waals surface area contributed by atoms with Crippen LogP contribution >= 0.6 is 15.9 Å². The standard InChI is InChI=1S/C21H17BrO4/c22-19-17(12-23)11-18(25-13-15-7-3-1-4-8-15)21(20(19)24)26-14-16-9-5-2-6-10-16/h1-12,24H,13-14H2. The molecule has 0 bridgehead atoms. The highest BCUT2D eigenvalue weighted by Crippen LogP contribution is 2.44. The van der Waals surface area contributed by atoms with Gasteiger partial charge in [-0.25, -0.2) is 0 Å². The minimum absolute atomic E-state index is 0.159. The fourth-order valence-electron chi connectivity index (χ4n) is 2.42. The Labute approximate surface area is 160 Å². The zero-order valence-corrected chi connectivity index (χ0v) is 15.5. The lowest BCUT2D eigenvalue weighted by atomic mass is 10.2. The molecule has 1 N–H and O–H groups in total. The monoisotopic (exact) mass is 412 g/mol. The quantitative estimate of drug-likeness (QED) is 0.546. The SMILES string of the molecule is O=Cc1cc(OCc2ccccc2)c(OCc2ccccc2)c(O)c1Br. The summed E-state index contributed by atoms with van der Waals surface area (Å²) in [6.07, 6.45) is 0.653. The first-order valence-corrected chi connectivity index (χ1v) is 8.82. The maximum Gasteiger partial charge on any atom is 0.204 e. The van der Waals surface area contributed by atoms with Crippen molar-refractivity contribution in [3.8, 4) is 17.2 Å². The van der Waals surface area contributed by atoms with Crippen molar-refractivity contribution >= 4 is 22.2 Å². The average Bonchev–Trinajstić information content (AvgIpc) is 2.69. The van der Waals surface area contributed by atoms with Crippen molar-refractivity contribution in [2.45, 2.75) is 13.2 Å². The Hall–Kier alpha value is -2.79. The van der Waals surface area contributed by atoms with Gasteiger partial charge in [0.25, 0.3) is 0 Å². The zero-order valence-electron chi connectivity index (χ0n) is 13.9. The lowest BCUT2D eigenvalue weighted by molar-refractivity contribution is 0.112. The summed E-state index contributed by atoms with van der Waals surface area (Å²) in [5.74, 6) is 0.350. The molecule has 132 valence electrons. The number of carbonyl (C=O) groups excluding carboxylic acids is 1. The van der Waals surface area contributed by atoms with Gasteiger partial charge >= 0.3 is 0 Å². The highest BCUT2D eigenvalue weighted by Gasteiger charge is 2.19. The number of halogens is 1. The van der Waals surface area contributed by atoms with Crippen LogP contribution in [0.3, 0.4) is 0 Å². The second kappa shape index (κ2) is 8.54. The van der Waals surface area contributed by atoms with Crippen LogP contribution in [0.15, 0.2) is 71.2 Å². The van der Waals surface area contributed by atoms with Gasteiger partial charge in [0.05, 0.1) is 4.47 Å². The minimum atomic E-state index is -0.159. The first-order chi connectivity index (χ1) is 12.7. The Bertz CT molecular complexity index is 880. The molecule has 0 aliphatic rings. The van der Waals surface area contributed by atoms with E-state index in [0.717, 1.165) is 11.1 Å². The molecule has 3 aromatic rings. The first-order valence-electron chi connectivity index (χ1n) is 8.03. The molecule has 3 aromatic carbocycles. The van der Waals surface area contributed by atoms with E-state index < -0.39 is 0 Å².